The lowest BCUT2D eigenvalue weighted by Crippen LogP contribution is -2.25. The molecule has 0 saturated carbocycles. The number of para-hydroxylation sites is 1. The van der Waals surface area contributed by atoms with Crippen molar-refractivity contribution in [2.24, 2.45) is 0 Å². The van der Waals surface area contributed by atoms with Gasteiger partial charge in [0.05, 0.1) is 11.8 Å². The quantitative estimate of drug-likeness (QED) is 0.426. The molecule has 2 heterocycles. The molecule has 5 rings (SSSR count). The number of nitrogens with one attached hydrogen (secondary N) is 1. The van der Waals surface area contributed by atoms with Crippen molar-refractivity contribution in [1.82, 2.24) is 14.1 Å². The van der Waals surface area contributed by atoms with Crippen LogP contribution in [0.5, 0.6) is 0 Å². The standard InChI is InChI=1S/C26H21FN4O2/c27-19-10-12-20(13-11-19)29-23(32)16-31-22-9-5-4-8-21(22)24-25(31)26(33)30(17-28-24)15-14-18-6-2-1-3-7-18/h1-13,17H,14-16H2,(H,29,32). The molecule has 0 spiro atoms. The van der Waals surface area contributed by atoms with Crippen molar-refractivity contribution in [2.75, 3.05) is 5.32 Å². The summed E-state index contributed by atoms with van der Waals surface area (Å²) in [6.07, 6.45) is 2.27. The van der Waals surface area contributed by atoms with Crippen molar-refractivity contribution < 1.29 is 9.18 Å². The van der Waals surface area contributed by atoms with Gasteiger partial charge in [0.1, 0.15) is 23.4 Å². The van der Waals surface area contributed by atoms with Gasteiger partial charge in [-0.25, -0.2) is 9.37 Å². The minimum Gasteiger partial charge on any atom is -0.325 e. The molecule has 6 nitrogen and oxygen atoms in total. The SMILES string of the molecule is O=C(Cn1c2ccccc2c2ncn(CCc3ccccc3)c(=O)c21)Nc1ccc(F)cc1. The van der Waals surface area contributed by atoms with Gasteiger partial charge in [-0.15, -0.1) is 0 Å². The molecule has 1 amide bonds. The van der Waals surface area contributed by atoms with E-state index in [4.69, 9.17) is 0 Å². The van der Waals surface area contributed by atoms with Crippen LogP contribution >= 0.6 is 0 Å². The zero-order chi connectivity index (χ0) is 22.8. The second-order valence-electron chi connectivity index (χ2n) is 7.83. The Morgan fingerprint density at radius 1 is 0.939 bits per heavy atom. The molecule has 164 valence electrons. The van der Waals surface area contributed by atoms with Crippen LogP contribution in [0.1, 0.15) is 5.56 Å². The molecule has 0 fully saturated rings. The van der Waals surface area contributed by atoms with Crippen LogP contribution in [-0.4, -0.2) is 20.0 Å². The van der Waals surface area contributed by atoms with Gasteiger partial charge in [-0.05, 0) is 42.3 Å². The van der Waals surface area contributed by atoms with Crippen LogP contribution in [0.2, 0.25) is 0 Å². The van der Waals surface area contributed by atoms with Gasteiger partial charge in [0.2, 0.25) is 5.91 Å². The minimum atomic E-state index is -0.377. The molecule has 2 aromatic heterocycles. The highest BCUT2D eigenvalue weighted by Gasteiger charge is 2.18. The van der Waals surface area contributed by atoms with Crippen molar-refractivity contribution in [2.45, 2.75) is 19.5 Å². The summed E-state index contributed by atoms with van der Waals surface area (Å²) < 4.78 is 16.5. The van der Waals surface area contributed by atoms with Gasteiger partial charge < -0.3 is 9.88 Å². The third kappa shape index (κ3) is 4.13. The highest BCUT2D eigenvalue weighted by Crippen LogP contribution is 2.25. The maximum Gasteiger partial charge on any atom is 0.277 e. The highest BCUT2D eigenvalue weighted by molar-refractivity contribution is 6.06. The Kier molecular flexibility index (Phi) is 5.44. The first-order valence-corrected chi connectivity index (χ1v) is 10.7. The van der Waals surface area contributed by atoms with Gasteiger partial charge in [0.25, 0.3) is 5.56 Å². The topological polar surface area (TPSA) is 68.9 Å². The first-order chi connectivity index (χ1) is 16.1. The van der Waals surface area contributed by atoms with Crippen molar-refractivity contribution in [3.05, 3.63) is 107 Å². The number of anilines is 1. The Labute approximate surface area is 188 Å². The Bertz CT molecular complexity index is 1510. The minimum absolute atomic E-state index is 0.0684. The van der Waals surface area contributed by atoms with E-state index < -0.39 is 0 Å². The first kappa shape index (κ1) is 20.6. The molecule has 0 unspecified atom stereocenters. The van der Waals surface area contributed by atoms with Crippen molar-refractivity contribution in [1.29, 1.82) is 0 Å². The van der Waals surface area contributed by atoms with Crippen LogP contribution in [-0.2, 0) is 24.3 Å². The zero-order valence-corrected chi connectivity index (χ0v) is 17.7. The van der Waals surface area contributed by atoms with Crippen LogP contribution < -0.4 is 10.9 Å². The maximum absolute atomic E-state index is 13.4. The number of aromatic nitrogens is 3. The Balaban J connectivity index is 1.52. The average Bonchev–Trinajstić information content (AvgIpc) is 3.15. The second-order valence-corrected chi connectivity index (χ2v) is 7.83. The van der Waals surface area contributed by atoms with E-state index in [1.165, 1.54) is 24.3 Å². The molecule has 33 heavy (non-hydrogen) atoms. The van der Waals surface area contributed by atoms with E-state index in [1.807, 2.05) is 54.6 Å². The number of hydrogen-bond donors (Lipinski definition) is 1. The Morgan fingerprint density at radius 2 is 1.67 bits per heavy atom. The second kappa shape index (κ2) is 8.70. The fraction of sp³-hybridized carbons (Fsp3) is 0.115. The molecule has 1 N–H and O–H groups in total. The van der Waals surface area contributed by atoms with E-state index in [2.05, 4.69) is 10.3 Å². The number of carbonyl (C=O) groups excluding carboxylic acids is 1. The number of halogens is 1. The summed E-state index contributed by atoms with van der Waals surface area (Å²) in [4.78, 5) is 30.8. The van der Waals surface area contributed by atoms with Gasteiger partial charge >= 0.3 is 0 Å². The smallest absolute Gasteiger partial charge is 0.277 e. The third-order valence-electron chi connectivity index (χ3n) is 5.65. The number of hydrogen-bond acceptors (Lipinski definition) is 3. The number of carbonyl (C=O) groups is 1. The summed E-state index contributed by atoms with van der Waals surface area (Å²) in [5.41, 5.74) is 3.14. The molecular formula is C26H21FN4O2. The van der Waals surface area contributed by atoms with Crippen LogP contribution in [0.4, 0.5) is 10.1 Å². The van der Waals surface area contributed by atoms with Crippen LogP contribution in [0.15, 0.2) is 90.0 Å². The van der Waals surface area contributed by atoms with E-state index in [9.17, 15) is 14.0 Å². The monoisotopic (exact) mass is 440 g/mol. The van der Waals surface area contributed by atoms with E-state index in [1.54, 1.807) is 15.5 Å². The van der Waals surface area contributed by atoms with Crippen molar-refractivity contribution in [3.63, 3.8) is 0 Å². The van der Waals surface area contributed by atoms with Crippen LogP contribution in [0.3, 0.4) is 0 Å². The number of fused-ring (bicyclic) bond motifs is 3. The fourth-order valence-corrected chi connectivity index (χ4v) is 4.04. The number of aryl methyl sites for hydroxylation is 2. The molecule has 0 radical (unpaired) electrons. The summed E-state index contributed by atoms with van der Waals surface area (Å²) in [5, 5.41) is 3.58. The molecule has 0 bridgehead atoms. The lowest BCUT2D eigenvalue weighted by Gasteiger charge is -2.10. The molecule has 3 aromatic carbocycles. The fourth-order valence-electron chi connectivity index (χ4n) is 4.04. The third-order valence-corrected chi connectivity index (χ3v) is 5.65. The Hall–Kier alpha value is -4.26. The van der Waals surface area contributed by atoms with Gasteiger partial charge in [-0.1, -0.05) is 48.5 Å². The molecule has 0 aliphatic carbocycles. The summed E-state index contributed by atoms with van der Waals surface area (Å²) in [6.45, 7) is 0.413. The summed E-state index contributed by atoms with van der Waals surface area (Å²) in [6, 6.07) is 23.0. The lowest BCUT2D eigenvalue weighted by molar-refractivity contribution is -0.116. The molecule has 0 aliphatic rings. The largest absolute Gasteiger partial charge is 0.325 e. The molecule has 0 aliphatic heterocycles. The lowest BCUT2D eigenvalue weighted by atomic mass is 10.1. The summed E-state index contributed by atoms with van der Waals surface area (Å²) in [5.74, 6) is -0.694. The number of rotatable bonds is 6. The maximum atomic E-state index is 13.4. The Morgan fingerprint density at radius 3 is 2.45 bits per heavy atom. The first-order valence-electron chi connectivity index (χ1n) is 10.7. The van der Waals surface area contributed by atoms with Gasteiger partial charge in [-0.2, -0.15) is 0 Å². The molecule has 7 heteroatoms. The molecule has 5 aromatic rings. The predicted octanol–water partition coefficient (Wildman–Crippen LogP) is 4.37. The number of benzene rings is 3. The molecular weight excluding hydrogens is 419 g/mol. The van der Waals surface area contributed by atoms with E-state index in [0.29, 0.717) is 29.7 Å². The van der Waals surface area contributed by atoms with E-state index in [-0.39, 0.29) is 23.8 Å². The molecule has 0 saturated heterocycles. The van der Waals surface area contributed by atoms with E-state index in [0.717, 1.165) is 16.5 Å². The van der Waals surface area contributed by atoms with Gasteiger partial charge in [0.15, 0.2) is 0 Å². The number of amides is 1. The average molecular weight is 440 g/mol. The zero-order valence-electron chi connectivity index (χ0n) is 17.7. The molecule has 0 atom stereocenters. The van der Waals surface area contributed by atoms with Crippen molar-refractivity contribution >= 4 is 33.5 Å². The predicted molar refractivity (Wildman–Crippen MR) is 127 cm³/mol. The van der Waals surface area contributed by atoms with Gasteiger partial charge in [-0.3, -0.25) is 14.2 Å². The van der Waals surface area contributed by atoms with Gasteiger partial charge in [0, 0.05) is 17.6 Å². The van der Waals surface area contributed by atoms with Crippen LogP contribution in [0, 0.1) is 5.82 Å². The van der Waals surface area contributed by atoms with Crippen molar-refractivity contribution in [3.8, 4) is 0 Å². The highest BCUT2D eigenvalue weighted by atomic mass is 19.1. The normalized spacial score (nSPS) is 11.2. The number of nitrogens with zero attached hydrogens (tertiary/aromatic N) is 3. The van der Waals surface area contributed by atoms with Crippen LogP contribution in [0.25, 0.3) is 21.9 Å². The summed E-state index contributed by atoms with van der Waals surface area (Å²) in [7, 11) is 0. The summed E-state index contributed by atoms with van der Waals surface area (Å²) >= 11 is 0. The van der Waals surface area contributed by atoms with E-state index >= 15 is 0 Å².